The van der Waals surface area contributed by atoms with Crippen molar-refractivity contribution in [3.05, 3.63) is 42.4 Å². The molecule has 2 N–H and O–H groups in total. The Kier molecular flexibility index (Phi) is 2.82. The fourth-order valence-electron chi connectivity index (χ4n) is 1.50. The molecule has 2 rings (SSSR count). The molecule has 0 fully saturated rings. The summed E-state index contributed by atoms with van der Waals surface area (Å²) in [6.45, 7) is 0. The number of pyridine rings is 1. The highest BCUT2D eigenvalue weighted by Crippen LogP contribution is 2.25. The molecule has 0 atom stereocenters. The molecule has 0 aliphatic carbocycles. The number of fused-ring (bicyclic) bond motifs is 1. The molecule has 4 nitrogen and oxygen atoms in total. The van der Waals surface area contributed by atoms with Gasteiger partial charge in [0.15, 0.2) is 0 Å². The number of hydrogen-bond donors (Lipinski definition) is 2. The van der Waals surface area contributed by atoms with E-state index >= 15 is 0 Å². The Balaban J connectivity index is 2.54. The molecule has 80 valence electrons. The quantitative estimate of drug-likeness (QED) is 0.764. The number of amides is 1. The van der Waals surface area contributed by atoms with Crippen LogP contribution >= 0.6 is 0 Å². The van der Waals surface area contributed by atoms with Crippen molar-refractivity contribution in [2.75, 3.05) is 0 Å². The fourth-order valence-corrected chi connectivity index (χ4v) is 1.50. The minimum atomic E-state index is 0.149. The molecule has 0 radical (unpaired) electrons. The van der Waals surface area contributed by atoms with Crippen molar-refractivity contribution in [1.29, 1.82) is 0 Å². The summed E-state index contributed by atoms with van der Waals surface area (Å²) in [5, 5.41) is 13.6. The molecule has 1 aromatic carbocycles. The van der Waals surface area contributed by atoms with E-state index in [2.05, 4.69) is 10.3 Å². The summed E-state index contributed by atoms with van der Waals surface area (Å²) in [4.78, 5) is 14.2. The van der Waals surface area contributed by atoms with E-state index in [1.165, 1.54) is 12.4 Å². The van der Waals surface area contributed by atoms with Gasteiger partial charge in [0.05, 0.1) is 11.9 Å². The van der Waals surface area contributed by atoms with Gasteiger partial charge in [-0.25, -0.2) is 0 Å². The predicted molar refractivity (Wildman–Crippen MR) is 61.6 cm³/mol. The molecule has 16 heavy (non-hydrogen) atoms. The normalized spacial score (nSPS) is 10.8. The van der Waals surface area contributed by atoms with E-state index in [0.29, 0.717) is 12.1 Å². The monoisotopic (exact) mass is 214 g/mol. The largest absolute Gasteiger partial charge is 0.506 e. The lowest BCUT2D eigenvalue weighted by Crippen LogP contribution is -1.98. The zero-order chi connectivity index (χ0) is 11.4. The summed E-state index contributed by atoms with van der Waals surface area (Å²) in [5.74, 6) is 0.149. The van der Waals surface area contributed by atoms with Crippen LogP contribution < -0.4 is 5.32 Å². The highest BCUT2D eigenvalue weighted by Gasteiger charge is 2.02. The van der Waals surface area contributed by atoms with E-state index in [4.69, 9.17) is 0 Å². The van der Waals surface area contributed by atoms with Gasteiger partial charge < -0.3 is 10.4 Å². The van der Waals surface area contributed by atoms with Gasteiger partial charge in [-0.1, -0.05) is 24.3 Å². The zero-order valence-electron chi connectivity index (χ0n) is 8.42. The van der Waals surface area contributed by atoms with Crippen molar-refractivity contribution in [2.45, 2.75) is 0 Å². The first-order chi connectivity index (χ1) is 7.83. The third kappa shape index (κ3) is 1.86. The van der Waals surface area contributed by atoms with Crippen molar-refractivity contribution in [2.24, 2.45) is 0 Å². The van der Waals surface area contributed by atoms with Gasteiger partial charge in [-0.2, -0.15) is 0 Å². The number of benzene rings is 1. The SMILES string of the molecule is O=CNC=Cc1ncc(O)c2ccccc12. The van der Waals surface area contributed by atoms with E-state index in [1.807, 2.05) is 24.3 Å². The van der Waals surface area contributed by atoms with Crippen LogP contribution in [0.3, 0.4) is 0 Å². The first-order valence-electron chi connectivity index (χ1n) is 4.76. The van der Waals surface area contributed by atoms with Crippen molar-refractivity contribution >= 4 is 23.3 Å². The lowest BCUT2D eigenvalue weighted by atomic mass is 10.1. The van der Waals surface area contributed by atoms with Gasteiger partial charge in [0.2, 0.25) is 6.41 Å². The van der Waals surface area contributed by atoms with E-state index < -0.39 is 0 Å². The van der Waals surface area contributed by atoms with Crippen LogP contribution in [0.1, 0.15) is 5.69 Å². The van der Waals surface area contributed by atoms with Gasteiger partial charge in [0.25, 0.3) is 0 Å². The topological polar surface area (TPSA) is 62.2 Å². The van der Waals surface area contributed by atoms with Crippen LogP contribution in [0.5, 0.6) is 5.75 Å². The zero-order valence-corrected chi connectivity index (χ0v) is 8.42. The lowest BCUT2D eigenvalue weighted by molar-refractivity contribution is -0.108. The van der Waals surface area contributed by atoms with Crippen LogP contribution in [-0.2, 0) is 4.79 Å². The van der Waals surface area contributed by atoms with Gasteiger partial charge in [-0.05, 0) is 6.08 Å². The smallest absolute Gasteiger partial charge is 0.211 e. The molecule has 0 spiro atoms. The molecule has 2 aromatic rings. The first-order valence-corrected chi connectivity index (χ1v) is 4.76. The predicted octanol–water partition coefficient (Wildman–Crippen LogP) is 1.66. The Labute approximate surface area is 92.2 Å². The van der Waals surface area contributed by atoms with Gasteiger partial charge in [0, 0.05) is 17.0 Å². The number of nitrogens with one attached hydrogen (secondary N) is 1. The van der Waals surface area contributed by atoms with Crippen LogP contribution in [0.25, 0.3) is 16.8 Å². The Morgan fingerprint density at radius 3 is 2.75 bits per heavy atom. The van der Waals surface area contributed by atoms with Crippen molar-refractivity contribution in [1.82, 2.24) is 10.3 Å². The maximum Gasteiger partial charge on any atom is 0.211 e. The summed E-state index contributed by atoms with van der Waals surface area (Å²) in [6.07, 6.45) is 5.15. The van der Waals surface area contributed by atoms with Gasteiger partial charge in [0.1, 0.15) is 5.75 Å². The number of hydrogen-bond acceptors (Lipinski definition) is 3. The minimum absolute atomic E-state index is 0.149. The summed E-state index contributed by atoms with van der Waals surface area (Å²) < 4.78 is 0. The molecule has 4 heteroatoms. The maximum atomic E-state index is 10.1. The Bertz CT molecular complexity index is 550. The molecule has 0 unspecified atom stereocenters. The Morgan fingerprint density at radius 1 is 1.25 bits per heavy atom. The van der Waals surface area contributed by atoms with E-state index in [0.717, 1.165) is 10.8 Å². The second kappa shape index (κ2) is 4.44. The van der Waals surface area contributed by atoms with E-state index in [-0.39, 0.29) is 5.75 Å². The molecule has 1 heterocycles. The van der Waals surface area contributed by atoms with E-state index in [1.54, 1.807) is 6.08 Å². The molecule has 0 saturated carbocycles. The Hall–Kier alpha value is -2.36. The molecule has 0 bridgehead atoms. The third-order valence-electron chi connectivity index (χ3n) is 2.21. The number of carbonyl (C=O) groups excluding carboxylic acids is 1. The van der Waals surface area contributed by atoms with Crippen molar-refractivity contribution in [3.8, 4) is 5.75 Å². The highest BCUT2D eigenvalue weighted by atomic mass is 16.3. The molecule has 0 aliphatic rings. The minimum Gasteiger partial charge on any atom is -0.506 e. The number of aromatic nitrogens is 1. The number of carbonyl (C=O) groups is 1. The third-order valence-corrected chi connectivity index (χ3v) is 2.21. The average Bonchev–Trinajstić information content (AvgIpc) is 2.33. The van der Waals surface area contributed by atoms with Crippen molar-refractivity contribution in [3.63, 3.8) is 0 Å². The molecule has 1 aromatic heterocycles. The fraction of sp³-hybridized carbons (Fsp3) is 0. The van der Waals surface area contributed by atoms with Crippen LogP contribution in [-0.4, -0.2) is 16.5 Å². The molecular weight excluding hydrogens is 204 g/mol. The van der Waals surface area contributed by atoms with Gasteiger partial charge >= 0.3 is 0 Å². The maximum absolute atomic E-state index is 10.1. The average molecular weight is 214 g/mol. The molecule has 0 saturated heterocycles. The van der Waals surface area contributed by atoms with Crippen LogP contribution in [0.4, 0.5) is 0 Å². The second-order valence-corrected chi connectivity index (χ2v) is 3.19. The standard InChI is InChI=1S/C12H10N2O2/c15-8-13-6-5-11-9-3-1-2-4-10(9)12(16)7-14-11/h1-8,16H,(H,13,15). The molecule has 1 amide bonds. The number of aromatic hydroxyl groups is 1. The van der Waals surface area contributed by atoms with Crippen LogP contribution in [0, 0.1) is 0 Å². The summed E-state index contributed by atoms with van der Waals surface area (Å²) >= 11 is 0. The summed E-state index contributed by atoms with van der Waals surface area (Å²) in [5.41, 5.74) is 0.697. The second-order valence-electron chi connectivity index (χ2n) is 3.19. The highest BCUT2D eigenvalue weighted by molar-refractivity contribution is 5.93. The molecular formula is C12H10N2O2. The number of nitrogens with zero attached hydrogens (tertiary/aromatic N) is 1. The van der Waals surface area contributed by atoms with Crippen molar-refractivity contribution < 1.29 is 9.90 Å². The Morgan fingerprint density at radius 2 is 2.00 bits per heavy atom. The summed E-state index contributed by atoms with van der Waals surface area (Å²) in [7, 11) is 0. The van der Waals surface area contributed by atoms with Gasteiger partial charge in [-0.15, -0.1) is 0 Å². The van der Waals surface area contributed by atoms with Crippen LogP contribution in [0.2, 0.25) is 0 Å². The van der Waals surface area contributed by atoms with E-state index in [9.17, 15) is 9.90 Å². The first kappa shape index (κ1) is 10.2. The lowest BCUT2D eigenvalue weighted by Gasteiger charge is -2.03. The summed E-state index contributed by atoms with van der Waals surface area (Å²) in [6, 6.07) is 7.40. The molecule has 0 aliphatic heterocycles. The number of rotatable bonds is 3. The van der Waals surface area contributed by atoms with Crippen LogP contribution in [0.15, 0.2) is 36.7 Å². The van der Waals surface area contributed by atoms with Gasteiger partial charge in [-0.3, -0.25) is 9.78 Å².